The molecule has 0 rings (SSSR count). The average Bonchev–Trinajstić information content (AvgIpc) is 2.28. The number of ether oxygens (including phenoxy) is 1. The topological polar surface area (TPSA) is 68.2 Å². The summed E-state index contributed by atoms with van der Waals surface area (Å²) in [5.74, 6) is 0. The Morgan fingerprint density at radius 3 is 1.54 bits per heavy atom. The van der Waals surface area contributed by atoms with E-state index in [0.717, 1.165) is 18.9 Å². The fourth-order valence-electron chi connectivity index (χ4n) is 2.34. The van der Waals surface area contributed by atoms with Crippen LogP contribution in [0.25, 0.3) is 0 Å². The first kappa shape index (κ1) is 37.2. The van der Waals surface area contributed by atoms with Crippen molar-refractivity contribution in [3.05, 3.63) is 0 Å². The van der Waals surface area contributed by atoms with Crippen molar-refractivity contribution in [1.82, 2.24) is 0 Å². The van der Waals surface area contributed by atoms with Gasteiger partial charge in [-0.2, -0.15) is 0 Å². The number of unbranched alkanes of at least 4 members (excludes halogenated alkanes) is 1. The van der Waals surface area contributed by atoms with Gasteiger partial charge in [0.05, 0.1) is 13.2 Å². The molecular formula is C18H52O5Si3. The van der Waals surface area contributed by atoms with E-state index in [1.807, 2.05) is 0 Å². The van der Waals surface area contributed by atoms with Crippen molar-refractivity contribution in [3.8, 4) is 0 Å². The molecule has 26 heavy (non-hydrogen) atoms. The second kappa shape index (κ2) is 16.4. The Balaban J connectivity index is -0.000000367. The van der Waals surface area contributed by atoms with Crippen molar-refractivity contribution in [2.24, 2.45) is 0 Å². The highest BCUT2D eigenvalue weighted by Gasteiger charge is 2.39. The summed E-state index contributed by atoms with van der Waals surface area (Å²) in [7, 11) is -5.37. The van der Waals surface area contributed by atoms with E-state index in [2.05, 4.69) is 45.8 Å². The molecule has 0 aliphatic carbocycles. The molecule has 0 bridgehead atoms. The highest BCUT2D eigenvalue weighted by Crippen LogP contribution is 2.25. The fraction of sp³-hybridized carbons (Fsp3) is 1.00. The predicted octanol–water partition coefficient (Wildman–Crippen LogP) is 5.46. The zero-order valence-electron chi connectivity index (χ0n) is 15.4. The summed E-state index contributed by atoms with van der Waals surface area (Å²) >= 11 is 0. The van der Waals surface area contributed by atoms with Crippen molar-refractivity contribution in [3.63, 3.8) is 0 Å². The van der Waals surface area contributed by atoms with Gasteiger partial charge in [0.2, 0.25) is 0 Å². The lowest BCUT2D eigenvalue weighted by atomic mass is 10.3. The maximum Gasteiger partial charge on any atom is 0.314 e. The molecule has 0 radical (unpaired) electrons. The van der Waals surface area contributed by atoms with Crippen LogP contribution in [-0.2, 0) is 13.0 Å². The number of aliphatic hydroxyl groups excluding tert-OH is 2. The van der Waals surface area contributed by atoms with Crippen LogP contribution in [0.15, 0.2) is 0 Å². The minimum absolute atomic E-state index is 0. The van der Waals surface area contributed by atoms with Gasteiger partial charge in [-0.15, -0.1) is 0 Å². The van der Waals surface area contributed by atoms with Gasteiger partial charge in [-0.3, -0.25) is 0 Å². The predicted molar refractivity (Wildman–Crippen MR) is 125 cm³/mol. The minimum atomic E-state index is -2.13. The van der Waals surface area contributed by atoms with Gasteiger partial charge in [-0.05, 0) is 64.7 Å². The maximum atomic E-state index is 9.20. The lowest BCUT2D eigenvalue weighted by Gasteiger charge is -2.38. The van der Waals surface area contributed by atoms with Gasteiger partial charge in [0.15, 0.2) is 16.6 Å². The van der Waals surface area contributed by atoms with E-state index in [0.29, 0.717) is 6.61 Å². The molecule has 0 aromatic rings. The number of hydrogen-bond acceptors (Lipinski definition) is 5. The van der Waals surface area contributed by atoms with Gasteiger partial charge in [0, 0.05) is 6.61 Å². The smallest absolute Gasteiger partial charge is 0.314 e. The second-order valence-electron chi connectivity index (χ2n) is 7.93. The molecule has 0 heterocycles. The van der Waals surface area contributed by atoms with Crippen molar-refractivity contribution < 1.29 is 23.2 Å². The van der Waals surface area contributed by atoms with Crippen LogP contribution in [0.1, 0.15) is 42.5 Å². The van der Waals surface area contributed by atoms with Crippen molar-refractivity contribution >= 4 is 25.2 Å². The van der Waals surface area contributed by atoms with Gasteiger partial charge in [0.25, 0.3) is 0 Å². The van der Waals surface area contributed by atoms with E-state index in [4.69, 9.17) is 18.1 Å². The maximum absolute atomic E-state index is 9.20. The summed E-state index contributed by atoms with van der Waals surface area (Å²) in [5.41, 5.74) is 0. The lowest BCUT2D eigenvalue weighted by molar-refractivity contribution is 0.00550. The lowest BCUT2D eigenvalue weighted by Crippen LogP contribution is -2.52. The second-order valence-corrected chi connectivity index (χ2v) is 20.8. The van der Waals surface area contributed by atoms with Crippen LogP contribution >= 0.6 is 0 Å². The van der Waals surface area contributed by atoms with Crippen LogP contribution in [0, 0.1) is 0 Å². The Kier molecular flexibility index (Phi) is 23.5. The first-order valence-electron chi connectivity index (χ1n) is 8.14. The Bertz CT molecular complexity index is 288. The molecule has 8 heteroatoms. The first-order chi connectivity index (χ1) is 9.87. The monoisotopic (exact) mass is 432 g/mol. The van der Waals surface area contributed by atoms with E-state index in [-0.39, 0.29) is 42.9 Å². The normalized spacial score (nSPS) is 12.8. The van der Waals surface area contributed by atoms with Crippen molar-refractivity contribution in [2.45, 2.75) is 101 Å². The third-order valence-electron chi connectivity index (χ3n) is 2.73. The summed E-state index contributed by atoms with van der Waals surface area (Å²) in [6.45, 7) is 16.0. The van der Waals surface area contributed by atoms with Crippen LogP contribution in [0.5, 0.6) is 0 Å². The van der Waals surface area contributed by atoms with Crippen molar-refractivity contribution in [2.75, 3.05) is 19.8 Å². The Morgan fingerprint density at radius 2 is 1.19 bits per heavy atom. The van der Waals surface area contributed by atoms with Crippen molar-refractivity contribution in [1.29, 1.82) is 0 Å². The summed E-state index contributed by atoms with van der Waals surface area (Å²) in [4.78, 5) is 0. The van der Waals surface area contributed by atoms with E-state index in [1.54, 1.807) is 0 Å². The van der Waals surface area contributed by atoms with E-state index in [9.17, 15) is 5.11 Å². The zero-order valence-corrected chi connectivity index (χ0v) is 18.4. The Hall–Kier alpha value is 0.451. The van der Waals surface area contributed by atoms with Gasteiger partial charge >= 0.3 is 8.56 Å². The fourth-order valence-corrected chi connectivity index (χ4v) is 15.0. The van der Waals surface area contributed by atoms with Crippen LogP contribution in [0.2, 0.25) is 51.9 Å². The SMILES string of the molecule is C.C.C.C.C[Si](C)(C)O[Si](C)(CCCCOCC(O)CO)O[Si](C)(C)C. The molecule has 0 aromatic carbocycles. The molecule has 0 aliphatic rings. The Morgan fingerprint density at radius 1 is 0.769 bits per heavy atom. The molecule has 0 aromatic heterocycles. The number of rotatable bonds is 12. The van der Waals surface area contributed by atoms with Crippen LogP contribution in [0.4, 0.5) is 0 Å². The van der Waals surface area contributed by atoms with E-state index in [1.165, 1.54) is 0 Å². The van der Waals surface area contributed by atoms with Gasteiger partial charge < -0.3 is 23.2 Å². The third kappa shape index (κ3) is 22.5. The molecule has 5 nitrogen and oxygen atoms in total. The molecule has 0 saturated carbocycles. The molecule has 0 saturated heterocycles. The third-order valence-corrected chi connectivity index (χ3v) is 12.3. The minimum Gasteiger partial charge on any atom is -0.437 e. The quantitative estimate of drug-likeness (QED) is 0.317. The van der Waals surface area contributed by atoms with Gasteiger partial charge in [0.1, 0.15) is 6.10 Å². The number of hydrogen-bond donors (Lipinski definition) is 2. The molecule has 1 unspecified atom stereocenters. The molecule has 0 amide bonds. The highest BCUT2D eigenvalue weighted by molar-refractivity contribution is 6.87. The largest absolute Gasteiger partial charge is 0.437 e. The summed E-state index contributed by atoms with van der Waals surface area (Å²) < 4.78 is 18.2. The summed E-state index contributed by atoms with van der Waals surface area (Å²) in [6, 6.07) is 0.980. The molecule has 0 spiro atoms. The highest BCUT2D eigenvalue weighted by atomic mass is 28.5. The molecular weight excluding hydrogens is 380 g/mol. The Labute approximate surface area is 169 Å². The van der Waals surface area contributed by atoms with Crippen LogP contribution in [0.3, 0.4) is 0 Å². The summed E-state index contributed by atoms with van der Waals surface area (Å²) in [6.07, 6.45) is 1.16. The molecule has 0 aliphatic heterocycles. The zero-order chi connectivity index (χ0) is 17.4. The standard InChI is InChI=1S/C14H36O5Si3.4CH4/c1-20(2,3)18-22(7,19-21(4,5)6)11-9-8-10-17-13-14(16)12-15;;;;/h14-16H,8-13H2,1-7H3;4*1H4. The van der Waals surface area contributed by atoms with E-state index >= 15 is 0 Å². The number of aliphatic hydroxyl groups is 2. The van der Waals surface area contributed by atoms with Gasteiger partial charge in [-0.25, -0.2) is 0 Å². The first-order valence-corrected chi connectivity index (χ1v) is 17.5. The molecule has 2 N–H and O–H groups in total. The van der Waals surface area contributed by atoms with Gasteiger partial charge in [-0.1, -0.05) is 29.7 Å². The van der Waals surface area contributed by atoms with E-state index < -0.39 is 31.3 Å². The molecule has 0 fully saturated rings. The molecule has 166 valence electrons. The average molecular weight is 433 g/mol. The molecule has 1 atom stereocenters. The van der Waals surface area contributed by atoms with Crippen LogP contribution < -0.4 is 0 Å². The van der Waals surface area contributed by atoms with Crippen LogP contribution in [-0.4, -0.2) is 61.3 Å². The summed E-state index contributed by atoms with van der Waals surface area (Å²) in [5, 5.41) is 17.9.